The van der Waals surface area contributed by atoms with Crippen molar-refractivity contribution in [1.29, 1.82) is 0 Å². The second-order valence-electron chi connectivity index (χ2n) is 6.79. The second-order valence-corrected chi connectivity index (χ2v) is 6.79. The van der Waals surface area contributed by atoms with E-state index in [1.807, 2.05) is 12.2 Å². The predicted molar refractivity (Wildman–Crippen MR) is 98.3 cm³/mol. The highest BCUT2D eigenvalue weighted by atomic mass is 16.6. The zero-order valence-corrected chi connectivity index (χ0v) is 14.9. The Labute approximate surface area is 139 Å². The largest absolute Gasteiger partial charge is 0.369 e. The molecule has 1 nitrogen and oxygen atoms in total. The topological polar surface area (TPSA) is 12.5 Å². The Morgan fingerprint density at radius 2 is 1.32 bits per heavy atom. The summed E-state index contributed by atoms with van der Waals surface area (Å²) in [7, 11) is 0. The van der Waals surface area contributed by atoms with E-state index in [0.29, 0.717) is 12.2 Å². The first kappa shape index (κ1) is 19.5. The minimum atomic E-state index is 0.504. The number of ether oxygens (including phenoxy) is 1. The van der Waals surface area contributed by atoms with E-state index < -0.39 is 0 Å². The molecule has 0 saturated carbocycles. The molecule has 1 rings (SSSR count). The van der Waals surface area contributed by atoms with Gasteiger partial charge in [0, 0.05) is 0 Å². The summed E-state index contributed by atoms with van der Waals surface area (Å²) in [6, 6.07) is 0. The summed E-state index contributed by atoms with van der Waals surface area (Å²) in [5.74, 6) is 0. The third-order valence-corrected chi connectivity index (χ3v) is 4.67. The van der Waals surface area contributed by atoms with Crippen molar-refractivity contribution in [2.75, 3.05) is 0 Å². The van der Waals surface area contributed by atoms with Gasteiger partial charge in [-0.15, -0.1) is 0 Å². The van der Waals surface area contributed by atoms with Gasteiger partial charge in [0.1, 0.15) is 0 Å². The Morgan fingerprint density at radius 3 is 1.86 bits per heavy atom. The lowest BCUT2D eigenvalue weighted by molar-refractivity contribution is 0.358. The minimum Gasteiger partial charge on any atom is -0.369 e. The van der Waals surface area contributed by atoms with Gasteiger partial charge in [0.2, 0.25) is 0 Å². The molecule has 0 aliphatic carbocycles. The Hall–Kier alpha value is -0.560. The third kappa shape index (κ3) is 11.1. The quantitative estimate of drug-likeness (QED) is 0.170. The molecule has 1 saturated heterocycles. The van der Waals surface area contributed by atoms with E-state index in [2.05, 4.69) is 19.6 Å². The van der Waals surface area contributed by atoms with Crippen LogP contribution in [0.25, 0.3) is 0 Å². The fourth-order valence-corrected chi connectivity index (χ4v) is 3.14. The molecule has 0 aromatic heterocycles. The van der Waals surface area contributed by atoms with E-state index >= 15 is 0 Å². The first-order chi connectivity index (χ1) is 10.9. The zero-order valence-electron chi connectivity index (χ0n) is 14.9. The molecular weight excluding hydrogens is 268 g/mol. The van der Waals surface area contributed by atoms with E-state index in [4.69, 9.17) is 4.74 Å². The molecule has 22 heavy (non-hydrogen) atoms. The van der Waals surface area contributed by atoms with Gasteiger partial charge in [-0.2, -0.15) is 0 Å². The van der Waals surface area contributed by atoms with Crippen LogP contribution in [0.2, 0.25) is 0 Å². The van der Waals surface area contributed by atoms with Gasteiger partial charge >= 0.3 is 0 Å². The van der Waals surface area contributed by atoms with Crippen molar-refractivity contribution in [3.63, 3.8) is 0 Å². The standard InChI is InChI=1S/C21H38O/c1-3-5-7-8-9-10-11-12-13-14-15-17-19-21-20(22-21)18-16-6-4-2/h4,6,16,20-21H,2-3,5,7-15,17-19H2,1H3/b16-6+. The minimum absolute atomic E-state index is 0.504. The van der Waals surface area contributed by atoms with Crippen LogP contribution in [0.15, 0.2) is 24.8 Å². The number of unbranched alkanes of at least 4 members (excludes halogenated alkanes) is 11. The molecule has 0 aromatic carbocycles. The van der Waals surface area contributed by atoms with Crippen LogP contribution >= 0.6 is 0 Å². The number of epoxide rings is 1. The molecule has 0 bridgehead atoms. The lowest BCUT2D eigenvalue weighted by Crippen LogP contribution is -1.92. The van der Waals surface area contributed by atoms with E-state index in [0.717, 1.165) is 6.42 Å². The molecule has 0 spiro atoms. The van der Waals surface area contributed by atoms with Crippen LogP contribution in [-0.4, -0.2) is 12.2 Å². The Balaban J connectivity index is 1.72. The summed E-state index contributed by atoms with van der Waals surface area (Å²) in [4.78, 5) is 0. The third-order valence-electron chi connectivity index (χ3n) is 4.67. The molecule has 1 aliphatic heterocycles. The van der Waals surface area contributed by atoms with Gasteiger partial charge in [0.25, 0.3) is 0 Å². The first-order valence-electron chi connectivity index (χ1n) is 9.81. The molecule has 1 fully saturated rings. The molecule has 2 unspecified atom stereocenters. The van der Waals surface area contributed by atoms with Gasteiger partial charge in [0.05, 0.1) is 12.2 Å². The van der Waals surface area contributed by atoms with E-state index in [-0.39, 0.29) is 0 Å². The van der Waals surface area contributed by atoms with Crippen molar-refractivity contribution in [3.05, 3.63) is 24.8 Å². The molecule has 1 aliphatic rings. The maximum absolute atomic E-state index is 5.68. The fraction of sp³-hybridized carbons (Fsp3) is 0.810. The number of hydrogen-bond donors (Lipinski definition) is 0. The monoisotopic (exact) mass is 306 g/mol. The number of hydrogen-bond acceptors (Lipinski definition) is 1. The van der Waals surface area contributed by atoms with E-state index in [1.165, 1.54) is 83.5 Å². The van der Waals surface area contributed by atoms with Crippen LogP contribution in [0, 0.1) is 0 Å². The van der Waals surface area contributed by atoms with Crippen LogP contribution in [0.5, 0.6) is 0 Å². The molecular formula is C21H38O. The predicted octanol–water partition coefficient (Wildman–Crippen LogP) is 6.98. The van der Waals surface area contributed by atoms with E-state index in [1.54, 1.807) is 0 Å². The van der Waals surface area contributed by atoms with Crippen molar-refractivity contribution >= 4 is 0 Å². The van der Waals surface area contributed by atoms with Gasteiger partial charge in [0.15, 0.2) is 0 Å². The van der Waals surface area contributed by atoms with Crippen LogP contribution in [0.3, 0.4) is 0 Å². The summed E-state index contributed by atoms with van der Waals surface area (Å²) in [5.41, 5.74) is 0. The normalized spacial score (nSPS) is 20.6. The summed E-state index contributed by atoms with van der Waals surface area (Å²) in [5, 5.41) is 0. The Morgan fingerprint density at radius 1 is 0.773 bits per heavy atom. The maximum atomic E-state index is 5.68. The molecule has 1 heteroatoms. The SMILES string of the molecule is C=C/C=C/CC1OC1CCCCCCCCCCCCCC. The van der Waals surface area contributed by atoms with Gasteiger partial charge in [-0.1, -0.05) is 109 Å². The maximum Gasteiger partial charge on any atom is 0.0876 e. The summed E-state index contributed by atoms with van der Waals surface area (Å²) in [6.45, 7) is 5.97. The smallest absolute Gasteiger partial charge is 0.0876 e. The molecule has 0 amide bonds. The highest BCUT2D eigenvalue weighted by Gasteiger charge is 2.36. The van der Waals surface area contributed by atoms with Crippen molar-refractivity contribution in [2.24, 2.45) is 0 Å². The average molecular weight is 307 g/mol. The highest BCUT2D eigenvalue weighted by Crippen LogP contribution is 2.30. The zero-order chi connectivity index (χ0) is 15.9. The van der Waals surface area contributed by atoms with Crippen LogP contribution < -0.4 is 0 Å². The van der Waals surface area contributed by atoms with Gasteiger partial charge in [-0.05, 0) is 12.8 Å². The van der Waals surface area contributed by atoms with E-state index in [9.17, 15) is 0 Å². The van der Waals surface area contributed by atoms with Gasteiger partial charge in [-0.3, -0.25) is 0 Å². The first-order valence-corrected chi connectivity index (χ1v) is 9.81. The van der Waals surface area contributed by atoms with Crippen molar-refractivity contribution in [2.45, 2.75) is 109 Å². The number of allylic oxidation sites excluding steroid dienone is 2. The van der Waals surface area contributed by atoms with Crippen LogP contribution in [0.1, 0.15) is 96.8 Å². The average Bonchev–Trinajstić information content (AvgIpc) is 3.27. The van der Waals surface area contributed by atoms with Crippen LogP contribution in [-0.2, 0) is 4.74 Å². The van der Waals surface area contributed by atoms with Crippen molar-refractivity contribution in [1.82, 2.24) is 0 Å². The van der Waals surface area contributed by atoms with Gasteiger partial charge in [-0.25, -0.2) is 0 Å². The van der Waals surface area contributed by atoms with Gasteiger partial charge < -0.3 is 4.74 Å². The molecule has 1 heterocycles. The summed E-state index contributed by atoms with van der Waals surface area (Å²) >= 11 is 0. The Bertz CT molecular complexity index is 282. The summed E-state index contributed by atoms with van der Waals surface area (Å²) < 4.78 is 5.68. The van der Waals surface area contributed by atoms with Crippen molar-refractivity contribution < 1.29 is 4.74 Å². The Kier molecular flexibility index (Phi) is 12.5. The highest BCUT2D eigenvalue weighted by molar-refractivity contribution is 5.01. The molecule has 128 valence electrons. The molecule has 2 atom stereocenters. The van der Waals surface area contributed by atoms with Crippen LogP contribution in [0.4, 0.5) is 0 Å². The number of rotatable bonds is 16. The molecule has 0 N–H and O–H groups in total. The van der Waals surface area contributed by atoms with Crippen molar-refractivity contribution in [3.8, 4) is 0 Å². The summed E-state index contributed by atoms with van der Waals surface area (Å²) in [6.07, 6.45) is 26.5. The second kappa shape index (κ2) is 14.1. The molecule has 0 aromatic rings. The fourth-order valence-electron chi connectivity index (χ4n) is 3.14. The lowest BCUT2D eigenvalue weighted by Gasteiger charge is -2.02. The molecule has 0 radical (unpaired) electrons. The lowest BCUT2D eigenvalue weighted by atomic mass is 10.0.